The Morgan fingerprint density at radius 2 is 1.72 bits per heavy atom. The highest BCUT2D eigenvalue weighted by atomic mass is 16.4. The minimum Gasteiger partial charge on any atom is -0.465 e. The van der Waals surface area contributed by atoms with Gasteiger partial charge in [0.05, 0.1) is 12.1 Å². The predicted octanol–water partition coefficient (Wildman–Crippen LogP) is 3.52. The van der Waals surface area contributed by atoms with E-state index < -0.39 is 23.8 Å². The van der Waals surface area contributed by atoms with Gasteiger partial charge in [-0.15, -0.1) is 0 Å². The molecule has 5 nitrogen and oxygen atoms in total. The van der Waals surface area contributed by atoms with E-state index in [1.807, 2.05) is 51.1 Å². The van der Waals surface area contributed by atoms with Crippen LogP contribution >= 0.6 is 0 Å². The highest BCUT2D eigenvalue weighted by molar-refractivity contribution is 5.66. The standard InChI is InChI=1S/C20H34N2O3/c1-7-20(5,6)21-14-17(23)16(13-15-11-9-8-10-12-15)22(18(24)25)19(2,3)4/h8-12,16-17,21,23H,7,13-14H2,1-6H3,(H,24,25)/t16-,17+/m0/s1. The quantitative estimate of drug-likeness (QED) is 0.671. The average molecular weight is 351 g/mol. The van der Waals surface area contributed by atoms with Crippen molar-refractivity contribution < 1.29 is 15.0 Å². The fourth-order valence-electron chi connectivity index (χ4n) is 2.82. The number of aliphatic hydroxyl groups excluding tert-OH is 1. The van der Waals surface area contributed by atoms with E-state index in [-0.39, 0.29) is 5.54 Å². The summed E-state index contributed by atoms with van der Waals surface area (Å²) in [5.74, 6) is 0. The van der Waals surface area contributed by atoms with Gasteiger partial charge in [0, 0.05) is 17.6 Å². The van der Waals surface area contributed by atoms with Crippen molar-refractivity contribution in [3.63, 3.8) is 0 Å². The molecule has 2 atom stereocenters. The second-order valence-corrected chi connectivity index (χ2v) is 8.27. The molecule has 0 aromatic heterocycles. The highest BCUT2D eigenvalue weighted by Gasteiger charge is 2.37. The molecule has 0 aliphatic rings. The molecule has 0 bridgehead atoms. The minimum absolute atomic E-state index is 0.103. The maximum absolute atomic E-state index is 11.9. The smallest absolute Gasteiger partial charge is 0.408 e. The molecule has 1 rings (SSSR count). The molecular formula is C20H34N2O3. The van der Waals surface area contributed by atoms with Gasteiger partial charge in [-0.25, -0.2) is 4.79 Å². The molecule has 25 heavy (non-hydrogen) atoms. The first-order valence-electron chi connectivity index (χ1n) is 8.97. The monoisotopic (exact) mass is 350 g/mol. The van der Waals surface area contributed by atoms with Gasteiger partial charge in [-0.05, 0) is 53.0 Å². The van der Waals surface area contributed by atoms with E-state index in [0.717, 1.165) is 12.0 Å². The molecule has 5 heteroatoms. The number of aliphatic hydroxyl groups is 1. The molecule has 0 radical (unpaired) electrons. The third-order valence-corrected chi connectivity index (χ3v) is 4.67. The number of nitrogens with one attached hydrogen (secondary N) is 1. The second kappa shape index (κ2) is 8.68. The first kappa shape index (κ1) is 21.5. The van der Waals surface area contributed by atoms with Crippen molar-refractivity contribution in [2.24, 2.45) is 0 Å². The van der Waals surface area contributed by atoms with Crippen molar-refractivity contribution in [1.29, 1.82) is 0 Å². The Kier molecular flexibility index (Phi) is 7.44. The van der Waals surface area contributed by atoms with Crippen LogP contribution in [0.3, 0.4) is 0 Å². The van der Waals surface area contributed by atoms with Crippen LogP contribution in [0.5, 0.6) is 0 Å². The Hall–Kier alpha value is -1.59. The Morgan fingerprint density at radius 1 is 1.16 bits per heavy atom. The molecule has 0 heterocycles. The number of amides is 1. The van der Waals surface area contributed by atoms with E-state index in [0.29, 0.717) is 13.0 Å². The Morgan fingerprint density at radius 3 is 2.16 bits per heavy atom. The lowest BCUT2D eigenvalue weighted by Crippen LogP contribution is -2.59. The molecule has 1 aromatic rings. The molecule has 142 valence electrons. The van der Waals surface area contributed by atoms with Gasteiger partial charge in [-0.3, -0.25) is 4.90 Å². The fourth-order valence-corrected chi connectivity index (χ4v) is 2.82. The van der Waals surface area contributed by atoms with Crippen molar-refractivity contribution in [3.8, 4) is 0 Å². The molecule has 0 saturated carbocycles. The van der Waals surface area contributed by atoms with Crippen LogP contribution in [0.25, 0.3) is 0 Å². The number of hydrogen-bond acceptors (Lipinski definition) is 3. The first-order valence-corrected chi connectivity index (χ1v) is 8.97. The number of β-amino-alcohol motifs (C(OH)–C–C–N with tert-alkyl or cyclic N) is 1. The summed E-state index contributed by atoms with van der Waals surface area (Å²) >= 11 is 0. The normalized spacial score (nSPS) is 14.8. The highest BCUT2D eigenvalue weighted by Crippen LogP contribution is 2.23. The lowest BCUT2D eigenvalue weighted by atomic mass is 9.94. The van der Waals surface area contributed by atoms with Gasteiger partial charge in [-0.2, -0.15) is 0 Å². The summed E-state index contributed by atoms with van der Waals surface area (Å²) < 4.78 is 0. The zero-order valence-corrected chi connectivity index (χ0v) is 16.4. The van der Waals surface area contributed by atoms with Crippen LogP contribution < -0.4 is 5.32 Å². The molecule has 0 aliphatic heterocycles. The van der Waals surface area contributed by atoms with Crippen LogP contribution in [0, 0.1) is 0 Å². The van der Waals surface area contributed by atoms with E-state index in [1.165, 1.54) is 4.90 Å². The van der Waals surface area contributed by atoms with Crippen LogP contribution in [-0.2, 0) is 6.42 Å². The van der Waals surface area contributed by atoms with Gasteiger partial charge in [-0.1, -0.05) is 37.3 Å². The van der Waals surface area contributed by atoms with Crippen molar-refractivity contribution >= 4 is 6.09 Å². The van der Waals surface area contributed by atoms with Crippen LogP contribution in [0.2, 0.25) is 0 Å². The lowest BCUT2D eigenvalue weighted by molar-refractivity contribution is 0.00546. The minimum atomic E-state index is -1.01. The number of hydrogen-bond donors (Lipinski definition) is 3. The second-order valence-electron chi connectivity index (χ2n) is 8.27. The Bertz CT molecular complexity index is 538. The number of rotatable bonds is 8. The van der Waals surface area contributed by atoms with Crippen molar-refractivity contribution in [3.05, 3.63) is 35.9 Å². The van der Waals surface area contributed by atoms with Gasteiger partial charge < -0.3 is 15.5 Å². The molecule has 0 spiro atoms. The Labute approximate surface area is 152 Å². The number of carboxylic acid groups (broad SMARTS) is 1. The van der Waals surface area contributed by atoms with E-state index in [9.17, 15) is 15.0 Å². The topological polar surface area (TPSA) is 72.8 Å². The van der Waals surface area contributed by atoms with Gasteiger partial charge in [0.1, 0.15) is 0 Å². The molecule has 0 saturated heterocycles. The number of nitrogens with zero attached hydrogens (tertiary/aromatic N) is 1. The van der Waals surface area contributed by atoms with E-state index in [4.69, 9.17) is 0 Å². The largest absolute Gasteiger partial charge is 0.465 e. The zero-order valence-electron chi connectivity index (χ0n) is 16.4. The van der Waals surface area contributed by atoms with Crippen LogP contribution in [-0.4, -0.2) is 51.0 Å². The van der Waals surface area contributed by atoms with Gasteiger partial charge in [0.25, 0.3) is 0 Å². The third-order valence-electron chi connectivity index (χ3n) is 4.67. The third kappa shape index (κ3) is 6.67. The van der Waals surface area contributed by atoms with Gasteiger partial charge in [0.15, 0.2) is 0 Å². The van der Waals surface area contributed by atoms with Crippen LogP contribution in [0.15, 0.2) is 30.3 Å². The molecule has 0 unspecified atom stereocenters. The maximum Gasteiger partial charge on any atom is 0.408 e. The summed E-state index contributed by atoms with van der Waals surface area (Å²) in [6.45, 7) is 12.1. The van der Waals surface area contributed by atoms with Crippen molar-refractivity contribution in [2.45, 2.75) is 77.6 Å². The maximum atomic E-state index is 11.9. The fraction of sp³-hybridized carbons (Fsp3) is 0.650. The van der Waals surface area contributed by atoms with E-state index in [2.05, 4.69) is 26.1 Å². The van der Waals surface area contributed by atoms with E-state index >= 15 is 0 Å². The van der Waals surface area contributed by atoms with Gasteiger partial charge >= 0.3 is 6.09 Å². The molecule has 1 aromatic carbocycles. The molecule has 0 fully saturated rings. The summed E-state index contributed by atoms with van der Waals surface area (Å²) in [5, 5.41) is 24.0. The summed E-state index contributed by atoms with van der Waals surface area (Å²) in [6, 6.07) is 9.19. The summed E-state index contributed by atoms with van der Waals surface area (Å²) in [7, 11) is 0. The molecule has 1 amide bonds. The Balaban J connectivity index is 3.07. The van der Waals surface area contributed by atoms with Gasteiger partial charge in [0.2, 0.25) is 0 Å². The predicted molar refractivity (Wildman–Crippen MR) is 102 cm³/mol. The summed E-state index contributed by atoms with van der Waals surface area (Å²) in [5.41, 5.74) is 0.303. The SMILES string of the molecule is CCC(C)(C)NC[C@@H](O)[C@H](Cc1ccccc1)N(C(=O)O)C(C)(C)C. The zero-order chi connectivity index (χ0) is 19.3. The first-order chi connectivity index (χ1) is 11.5. The van der Waals surface area contributed by atoms with Crippen LogP contribution in [0.1, 0.15) is 53.5 Å². The average Bonchev–Trinajstić information content (AvgIpc) is 2.51. The molecule has 3 N–H and O–H groups in total. The summed E-state index contributed by atoms with van der Waals surface area (Å²) in [6.07, 6.45) is -0.422. The van der Waals surface area contributed by atoms with Crippen molar-refractivity contribution in [2.75, 3.05) is 6.54 Å². The molecule has 0 aliphatic carbocycles. The lowest BCUT2D eigenvalue weighted by Gasteiger charge is -2.42. The van der Waals surface area contributed by atoms with Crippen LogP contribution in [0.4, 0.5) is 4.79 Å². The van der Waals surface area contributed by atoms with Crippen molar-refractivity contribution in [1.82, 2.24) is 10.2 Å². The number of benzene rings is 1. The van der Waals surface area contributed by atoms with E-state index in [1.54, 1.807) is 0 Å². The summed E-state index contributed by atoms with van der Waals surface area (Å²) in [4.78, 5) is 13.3. The number of carbonyl (C=O) groups is 1. The molecular weight excluding hydrogens is 316 g/mol.